The Morgan fingerprint density at radius 1 is 1.33 bits per heavy atom. The predicted octanol–water partition coefficient (Wildman–Crippen LogP) is 2.10. The molecule has 1 saturated heterocycles. The SMILES string of the molecule is O=C1OC2(CC2)CN1c1cccc(S(=O)(=O)Cl)c1. The van der Waals surface area contributed by atoms with Gasteiger partial charge in [-0.15, -0.1) is 0 Å². The van der Waals surface area contributed by atoms with Crippen molar-refractivity contribution in [1.29, 1.82) is 0 Å². The van der Waals surface area contributed by atoms with Crippen LogP contribution in [0.25, 0.3) is 0 Å². The van der Waals surface area contributed by atoms with Crippen LogP contribution in [0.5, 0.6) is 0 Å². The van der Waals surface area contributed by atoms with Crippen LogP contribution in [-0.2, 0) is 13.8 Å². The van der Waals surface area contributed by atoms with Crippen molar-refractivity contribution < 1.29 is 17.9 Å². The molecule has 1 aromatic rings. The van der Waals surface area contributed by atoms with Gasteiger partial charge in [-0.1, -0.05) is 6.07 Å². The van der Waals surface area contributed by atoms with Crippen LogP contribution in [-0.4, -0.2) is 26.7 Å². The second kappa shape index (κ2) is 3.61. The normalized spacial score (nSPS) is 21.2. The molecule has 7 heteroatoms. The first-order valence-corrected chi connectivity index (χ1v) is 7.76. The number of hydrogen-bond acceptors (Lipinski definition) is 4. The summed E-state index contributed by atoms with van der Waals surface area (Å²) >= 11 is 0. The van der Waals surface area contributed by atoms with Gasteiger partial charge >= 0.3 is 6.09 Å². The van der Waals surface area contributed by atoms with Crippen molar-refractivity contribution >= 4 is 31.5 Å². The maximum atomic E-state index is 11.7. The zero-order valence-electron chi connectivity index (χ0n) is 9.30. The van der Waals surface area contributed by atoms with E-state index in [4.69, 9.17) is 15.4 Å². The Morgan fingerprint density at radius 2 is 2.06 bits per heavy atom. The number of carbonyl (C=O) groups is 1. The first-order chi connectivity index (χ1) is 8.40. The molecule has 1 heterocycles. The van der Waals surface area contributed by atoms with Crippen molar-refractivity contribution in [3.63, 3.8) is 0 Å². The molecule has 2 fully saturated rings. The van der Waals surface area contributed by atoms with Gasteiger partial charge in [-0.05, 0) is 31.0 Å². The lowest BCUT2D eigenvalue weighted by Crippen LogP contribution is -2.24. The molecule has 0 atom stereocenters. The van der Waals surface area contributed by atoms with Gasteiger partial charge in [-0.25, -0.2) is 13.2 Å². The van der Waals surface area contributed by atoms with Crippen LogP contribution in [0.15, 0.2) is 29.2 Å². The minimum Gasteiger partial charge on any atom is -0.441 e. The lowest BCUT2D eigenvalue weighted by Gasteiger charge is -2.13. The lowest BCUT2D eigenvalue weighted by molar-refractivity contribution is 0.129. The molecular formula is C11H10ClNO4S. The molecule has 1 aliphatic carbocycles. The Labute approximate surface area is 109 Å². The first kappa shape index (κ1) is 11.8. The van der Waals surface area contributed by atoms with E-state index in [2.05, 4.69) is 0 Å². The van der Waals surface area contributed by atoms with E-state index in [-0.39, 0.29) is 10.5 Å². The number of anilines is 1. The summed E-state index contributed by atoms with van der Waals surface area (Å²) in [5.74, 6) is 0. The first-order valence-electron chi connectivity index (χ1n) is 5.45. The monoisotopic (exact) mass is 287 g/mol. The standard InChI is InChI=1S/C11H10ClNO4S/c12-18(15,16)9-3-1-2-8(6-9)13-7-11(4-5-11)17-10(13)14/h1-3,6H,4-5,7H2. The van der Waals surface area contributed by atoms with Crippen molar-refractivity contribution in [2.45, 2.75) is 23.3 Å². The third-order valence-electron chi connectivity index (χ3n) is 3.19. The molecule has 1 amide bonds. The Hall–Kier alpha value is -1.27. The number of nitrogens with zero attached hydrogens (tertiary/aromatic N) is 1. The van der Waals surface area contributed by atoms with E-state index in [9.17, 15) is 13.2 Å². The van der Waals surface area contributed by atoms with E-state index in [1.54, 1.807) is 12.1 Å². The van der Waals surface area contributed by atoms with Crippen LogP contribution >= 0.6 is 10.7 Å². The zero-order valence-corrected chi connectivity index (χ0v) is 10.9. The molecule has 96 valence electrons. The molecule has 0 N–H and O–H groups in total. The summed E-state index contributed by atoms with van der Waals surface area (Å²) in [4.78, 5) is 13.1. The van der Waals surface area contributed by atoms with Crippen molar-refractivity contribution in [1.82, 2.24) is 0 Å². The Kier molecular flexibility index (Phi) is 2.37. The largest absolute Gasteiger partial charge is 0.441 e. The molecule has 5 nitrogen and oxygen atoms in total. The van der Waals surface area contributed by atoms with Crippen LogP contribution in [0.2, 0.25) is 0 Å². The van der Waals surface area contributed by atoms with E-state index in [1.807, 2.05) is 0 Å². The van der Waals surface area contributed by atoms with E-state index in [1.165, 1.54) is 17.0 Å². The smallest absolute Gasteiger partial charge is 0.415 e. The summed E-state index contributed by atoms with van der Waals surface area (Å²) < 4.78 is 27.8. The molecule has 1 saturated carbocycles. The van der Waals surface area contributed by atoms with Crippen molar-refractivity contribution in [2.75, 3.05) is 11.4 Å². The third-order valence-corrected chi connectivity index (χ3v) is 4.54. The van der Waals surface area contributed by atoms with E-state index < -0.39 is 15.1 Å². The molecule has 3 rings (SSSR count). The average Bonchev–Trinajstić information content (AvgIpc) is 2.95. The van der Waals surface area contributed by atoms with Crippen LogP contribution in [0.1, 0.15) is 12.8 Å². The van der Waals surface area contributed by atoms with E-state index in [0.29, 0.717) is 12.2 Å². The number of benzene rings is 1. The van der Waals surface area contributed by atoms with Crippen LogP contribution in [0.4, 0.5) is 10.5 Å². The molecule has 0 radical (unpaired) electrons. The number of rotatable bonds is 2. The molecule has 1 aromatic carbocycles. The minimum atomic E-state index is -3.79. The van der Waals surface area contributed by atoms with Crippen LogP contribution in [0.3, 0.4) is 0 Å². The molecular weight excluding hydrogens is 278 g/mol. The molecule has 0 aromatic heterocycles. The molecule has 2 aliphatic rings. The summed E-state index contributed by atoms with van der Waals surface area (Å²) in [7, 11) is 1.49. The fraction of sp³-hybridized carbons (Fsp3) is 0.364. The van der Waals surface area contributed by atoms with Gasteiger partial charge in [0.2, 0.25) is 0 Å². The highest BCUT2D eigenvalue weighted by Gasteiger charge is 2.54. The lowest BCUT2D eigenvalue weighted by atomic mass is 10.2. The van der Waals surface area contributed by atoms with Gasteiger partial charge in [0.05, 0.1) is 11.4 Å². The van der Waals surface area contributed by atoms with Gasteiger partial charge in [-0.2, -0.15) is 0 Å². The Bertz CT molecular complexity index is 624. The zero-order chi connectivity index (χ0) is 13.0. The van der Waals surface area contributed by atoms with Gasteiger partial charge in [0.25, 0.3) is 9.05 Å². The van der Waals surface area contributed by atoms with Gasteiger partial charge < -0.3 is 4.74 Å². The average molecular weight is 288 g/mol. The minimum absolute atomic E-state index is 0.0220. The summed E-state index contributed by atoms with van der Waals surface area (Å²) in [6.07, 6.45) is 1.29. The maximum Gasteiger partial charge on any atom is 0.415 e. The summed E-state index contributed by atoms with van der Waals surface area (Å²) in [5, 5.41) is 0. The molecule has 1 aliphatic heterocycles. The van der Waals surface area contributed by atoms with Crippen molar-refractivity contribution in [3.8, 4) is 0 Å². The summed E-state index contributed by atoms with van der Waals surface area (Å²) in [6, 6.07) is 5.98. The van der Waals surface area contributed by atoms with Gasteiger partial charge in [-0.3, -0.25) is 4.90 Å². The highest BCUT2D eigenvalue weighted by Crippen LogP contribution is 2.45. The van der Waals surface area contributed by atoms with E-state index >= 15 is 0 Å². The quantitative estimate of drug-likeness (QED) is 0.782. The van der Waals surface area contributed by atoms with Crippen LogP contribution < -0.4 is 4.90 Å². The summed E-state index contributed by atoms with van der Waals surface area (Å²) in [6.45, 7) is 0.470. The topological polar surface area (TPSA) is 63.7 Å². The number of hydrogen-bond donors (Lipinski definition) is 0. The van der Waals surface area contributed by atoms with Crippen molar-refractivity contribution in [3.05, 3.63) is 24.3 Å². The van der Waals surface area contributed by atoms with Crippen molar-refractivity contribution in [2.24, 2.45) is 0 Å². The van der Waals surface area contributed by atoms with E-state index in [0.717, 1.165) is 12.8 Å². The molecule has 1 spiro atoms. The Morgan fingerprint density at radius 3 is 2.61 bits per heavy atom. The fourth-order valence-electron chi connectivity index (χ4n) is 2.02. The number of amides is 1. The second-order valence-electron chi connectivity index (χ2n) is 4.57. The number of carbonyl (C=O) groups excluding carboxylic acids is 1. The highest BCUT2D eigenvalue weighted by molar-refractivity contribution is 8.13. The molecule has 0 bridgehead atoms. The fourth-order valence-corrected chi connectivity index (χ4v) is 2.82. The van der Waals surface area contributed by atoms with Gasteiger partial charge in [0, 0.05) is 16.4 Å². The molecule has 0 unspecified atom stereocenters. The van der Waals surface area contributed by atoms with Gasteiger partial charge in [0.1, 0.15) is 5.60 Å². The number of ether oxygens (including phenoxy) is 1. The third kappa shape index (κ3) is 1.95. The maximum absolute atomic E-state index is 11.7. The van der Waals surface area contributed by atoms with Crippen LogP contribution in [0, 0.1) is 0 Å². The predicted molar refractivity (Wildman–Crippen MR) is 65.3 cm³/mol. The Balaban J connectivity index is 1.95. The highest BCUT2D eigenvalue weighted by atomic mass is 35.7. The van der Waals surface area contributed by atoms with Gasteiger partial charge in [0.15, 0.2) is 0 Å². The summed E-state index contributed by atoms with van der Waals surface area (Å²) in [5.41, 5.74) is 0.151. The molecule has 18 heavy (non-hydrogen) atoms. The number of halogens is 1. The second-order valence-corrected chi connectivity index (χ2v) is 7.14.